The van der Waals surface area contributed by atoms with Gasteiger partial charge in [0, 0.05) is 0 Å². The van der Waals surface area contributed by atoms with E-state index in [2.05, 4.69) is 76.2 Å². The van der Waals surface area contributed by atoms with Crippen LogP contribution < -0.4 is 4.74 Å². The van der Waals surface area contributed by atoms with Crippen LogP contribution in [0.5, 0.6) is 5.75 Å². The van der Waals surface area contributed by atoms with Crippen molar-refractivity contribution in [3.8, 4) is 5.75 Å². The van der Waals surface area contributed by atoms with Gasteiger partial charge in [-0.2, -0.15) is 0 Å². The van der Waals surface area contributed by atoms with E-state index in [1.54, 1.807) is 0 Å². The Morgan fingerprint density at radius 3 is 2.22 bits per heavy atom. The number of hydrogen-bond acceptors (Lipinski definition) is 3. The fourth-order valence-electron chi connectivity index (χ4n) is 5.38. The maximum atomic E-state index is 11.7. The molecular formula is C29H38O3. The van der Waals surface area contributed by atoms with Gasteiger partial charge in [0.1, 0.15) is 5.75 Å². The van der Waals surface area contributed by atoms with E-state index in [9.17, 15) is 4.79 Å². The van der Waals surface area contributed by atoms with Crippen molar-refractivity contribution in [2.24, 2.45) is 10.8 Å². The third kappa shape index (κ3) is 6.25. The van der Waals surface area contributed by atoms with Crippen molar-refractivity contribution in [3.63, 3.8) is 0 Å². The molecule has 3 rings (SSSR count). The lowest BCUT2D eigenvalue weighted by Gasteiger charge is -2.43. The van der Waals surface area contributed by atoms with Crippen LogP contribution in [0.4, 0.5) is 0 Å². The predicted octanol–water partition coefficient (Wildman–Crippen LogP) is 7.37. The molecule has 1 aliphatic rings. The fraction of sp³-hybridized carbons (Fsp3) is 0.483. The molecule has 0 saturated heterocycles. The topological polar surface area (TPSA) is 35.5 Å². The van der Waals surface area contributed by atoms with Crippen molar-refractivity contribution in [1.82, 2.24) is 0 Å². The van der Waals surface area contributed by atoms with Gasteiger partial charge in [0.25, 0.3) is 0 Å². The molecule has 32 heavy (non-hydrogen) atoms. The minimum Gasteiger partial charge on any atom is -0.493 e. The summed E-state index contributed by atoms with van der Waals surface area (Å²) in [6, 6.07) is 17.2. The monoisotopic (exact) mass is 434 g/mol. The Hall–Kier alpha value is -2.55. The lowest BCUT2D eigenvalue weighted by molar-refractivity contribution is -0.143. The second-order valence-corrected chi connectivity index (χ2v) is 10.6. The molecule has 0 unspecified atom stereocenters. The molecule has 3 heteroatoms. The van der Waals surface area contributed by atoms with Gasteiger partial charge >= 0.3 is 5.97 Å². The van der Waals surface area contributed by atoms with E-state index < -0.39 is 0 Å². The first-order valence-electron chi connectivity index (χ1n) is 11.8. The molecule has 1 aliphatic carbocycles. The molecule has 0 aliphatic heterocycles. The third-order valence-corrected chi connectivity index (χ3v) is 6.10. The second-order valence-electron chi connectivity index (χ2n) is 10.6. The largest absolute Gasteiger partial charge is 0.493 e. The lowest BCUT2D eigenvalue weighted by Crippen LogP contribution is -2.30. The summed E-state index contributed by atoms with van der Waals surface area (Å²) in [6.07, 6.45) is 3.66. The van der Waals surface area contributed by atoms with Crippen molar-refractivity contribution in [2.75, 3.05) is 13.2 Å². The molecule has 2 aromatic carbocycles. The highest BCUT2D eigenvalue weighted by molar-refractivity contribution is 5.83. The van der Waals surface area contributed by atoms with Gasteiger partial charge in [0.2, 0.25) is 0 Å². The molecule has 1 fully saturated rings. The van der Waals surface area contributed by atoms with Crippen molar-refractivity contribution in [1.29, 1.82) is 0 Å². The smallest absolute Gasteiger partial charge is 0.309 e. The Bertz CT molecular complexity index is 949. The van der Waals surface area contributed by atoms with E-state index in [-0.39, 0.29) is 23.2 Å². The van der Waals surface area contributed by atoms with Gasteiger partial charge in [-0.05, 0) is 72.3 Å². The van der Waals surface area contributed by atoms with Crippen LogP contribution in [-0.4, -0.2) is 19.2 Å². The molecule has 1 saturated carbocycles. The number of ether oxygens (including phenoxy) is 2. The van der Waals surface area contributed by atoms with E-state index in [0.29, 0.717) is 13.2 Å². The quantitative estimate of drug-likeness (QED) is 0.427. The molecule has 0 spiro atoms. The maximum Gasteiger partial charge on any atom is 0.309 e. The Labute approximate surface area is 193 Å². The van der Waals surface area contributed by atoms with Gasteiger partial charge < -0.3 is 9.47 Å². The summed E-state index contributed by atoms with van der Waals surface area (Å²) in [7, 11) is 0. The molecule has 0 radical (unpaired) electrons. The van der Waals surface area contributed by atoms with Crippen LogP contribution in [0.2, 0.25) is 0 Å². The zero-order valence-corrected chi connectivity index (χ0v) is 20.6. The van der Waals surface area contributed by atoms with Gasteiger partial charge in [0.05, 0.1) is 19.6 Å². The minimum absolute atomic E-state index is 0.222. The number of hydrogen-bond donors (Lipinski definition) is 0. The standard InChI is InChI=1S/C29H38O3/c1-7-31-26(30)15-16-32-25-17-23(14-13-21(25)2)27(22-11-9-8-10-12-22)24-18-28(3,4)20-29(5,6)19-24/h8-14,17H,7,15-16,18-20H2,1-6H3. The van der Waals surface area contributed by atoms with Crippen LogP contribution in [0.25, 0.3) is 5.57 Å². The van der Waals surface area contributed by atoms with Crippen molar-refractivity contribution >= 4 is 11.5 Å². The normalized spacial score (nSPS) is 17.0. The fourth-order valence-corrected chi connectivity index (χ4v) is 5.38. The summed E-state index contributed by atoms with van der Waals surface area (Å²) in [5.41, 5.74) is 6.86. The number of carbonyl (C=O) groups is 1. The number of aryl methyl sites for hydroxylation is 1. The van der Waals surface area contributed by atoms with Gasteiger partial charge in [-0.25, -0.2) is 0 Å². The second kappa shape index (κ2) is 9.94. The average Bonchev–Trinajstić information content (AvgIpc) is 2.69. The van der Waals surface area contributed by atoms with Crippen molar-refractivity contribution in [3.05, 3.63) is 70.8 Å². The number of benzene rings is 2. The molecule has 0 N–H and O–H groups in total. The van der Waals surface area contributed by atoms with E-state index >= 15 is 0 Å². The highest BCUT2D eigenvalue weighted by Crippen LogP contribution is 2.51. The molecule has 0 atom stereocenters. The first-order chi connectivity index (χ1) is 15.1. The van der Waals surface area contributed by atoms with E-state index in [1.165, 1.54) is 28.7 Å². The molecule has 2 aromatic rings. The highest BCUT2D eigenvalue weighted by atomic mass is 16.5. The molecular weight excluding hydrogens is 396 g/mol. The van der Waals surface area contributed by atoms with Crippen LogP contribution in [0.15, 0.2) is 54.1 Å². The van der Waals surface area contributed by atoms with Crippen LogP contribution in [0.1, 0.15) is 77.0 Å². The maximum absolute atomic E-state index is 11.7. The molecule has 0 heterocycles. The Kier molecular flexibility index (Phi) is 7.48. The first-order valence-corrected chi connectivity index (χ1v) is 11.8. The van der Waals surface area contributed by atoms with Gasteiger partial charge in [-0.1, -0.05) is 75.7 Å². The molecule has 0 aromatic heterocycles. The number of rotatable bonds is 7. The molecule has 0 bridgehead atoms. The van der Waals surface area contributed by atoms with Gasteiger partial charge in [-0.15, -0.1) is 0 Å². The molecule has 3 nitrogen and oxygen atoms in total. The summed E-state index contributed by atoms with van der Waals surface area (Å²) in [5.74, 6) is 0.607. The summed E-state index contributed by atoms with van der Waals surface area (Å²) in [6.45, 7) is 14.1. The SMILES string of the molecule is CCOC(=O)CCOc1cc(C(=C2CC(C)(C)CC(C)(C)C2)c2ccccc2)ccc1C. The summed E-state index contributed by atoms with van der Waals surface area (Å²) in [4.78, 5) is 11.7. The zero-order valence-electron chi connectivity index (χ0n) is 20.6. The highest BCUT2D eigenvalue weighted by Gasteiger charge is 2.37. The minimum atomic E-state index is -0.222. The zero-order chi connectivity index (χ0) is 23.4. The summed E-state index contributed by atoms with van der Waals surface area (Å²) >= 11 is 0. The van der Waals surface area contributed by atoms with E-state index in [1.807, 2.05) is 13.8 Å². The van der Waals surface area contributed by atoms with Crippen molar-refractivity contribution in [2.45, 2.75) is 67.2 Å². The summed E-state index contributed by atoms with van der Waals surface area (Å²) < 4.78 is 11.0. The first kappa shape index (κ1) is 24.1. The average molecular weight is 435 g/mol. The predicted molar refractivity (Wildman–Crippen MR) is 132 cm³/mol. The van der Waals surface area contributed by atoms with Gasteiger partial charge in [-0.3, -0.25) is 4.79 Å². The number of carbonyl (C=O) groups excluding carboxylic acids is 1. The molecule has 0 amide bonds. The van der Waals surface area contributed by atoms with Crippen molar-refractivity contribution < 1.29 is 14.3 Å². The Morgan fingerprint density at radius 1 is 0.938 bits per heavy atom. The van der Waals surface area contributed by atoms with Crippen LogP contribution in [0, 0.1) is 17.8 Å². The molecule has 172 valence electrons. The van der Waals surface area contributed by atoms with Crippen LogP contribution in [-0.2, 0) is 9.53 Å². The summed E-state index contributed by atoms with van der Waals surface area (Å²) in [5, 5.41) is 0. The number of esters is 1. The van der Waals surface area contributed by atoms with Crippen LogP contribution >= 0.6 is 0 Å². The number of allylic oxidation sites excluding steroid dienone is 1. The Balaban J connectivity index is 2.01. The van der Waals surface area contributed by atoms with E-state index in [4.69, 9.17) is 9.47 Å². The Morgan fingerprint density at radius 2 is 1.59 bits per heavy atom. The lowest BCUT2D eigenvalue weighted by atomic mass is 9.62. The van der Waals surface area contributed by atoms with E-state index in [0.717, 1.165) is 24.2 Å². The van der Waals surface area contributed by atoms with Crippen LogP contribution in [0.3, 0.4) is 0 Å². The third-order valence-electron chi connectivity index (χ3n) is 6.10. The van der Waals surface area contributed by atoms with Gasteiger partial charge in [0.15, 0.2) is 0 Å².